The van der Waals surface area contributed by atoms with Crippen molar-refractivity contribution in [2.75, 3.05) is 26.2 Å². The number of fused-ring (bicyclic) bond motifs is 3. The normalized spacial score (nSPS) is 22.2. The summed E-state index contributed by atoms with van der Waals surface area (Å²) in [4.78, 5) is 18.0. The molecule has 0 amide bonds. The van der Waals surface area contributed by atoms with Crippen LogP contribution in [0.4, 0.5) is 0 Å². The number of hydrogen-bond donors (Lipinski definition) is 0. The SMILES string of the molecule is C#C\C=C/C1=C(C)/C=N/CC/N=C/c2ccccc2OC(OC2Oc3ccccc3/C=N/CC/N=C/c3ccccc3O2)O1. The quantitative estimate of drug-likeness (QED) is 0.369. The fourth-order valence-corrected chi connectivity index (χ4v) is 4.12. The van der Waals surface area contributed by atoms with Crippen LogP contribution in [0.3, 0.4) is 0 Å². The van der Waals surface area contributed by atoms with Crippen LogP contribution in [0.25, 0.3) is 0 Å². The Bertz CT molecular complexity index is 1590. The average molecular weight is 589 g/mol. The molecule has 0 saturated carbocycles. The molecule has 2 aliphatic rings. The number of rotatable bonds is 3. The smallest absolute Gasteiger partial charge is 0.366 e. The van der Waals surface area contributed by atoms with Crippen LogP contribution >= 0.6 is 0 Å². The summed E-state index contributed by atoms with van der Waals surface area (Å²) in [7, 11) is 0. The highest BCUT2D eigenvalue weighted by molar-refractivity contribution is 5.85. The molecule has 3 aromatic rings. The van der Waals surface area contributed by atoms with Gasteiger partial charge in [0.05, 0.1) is 26.2 Å². The van der Waals surface area contributed by atoms with E-state index in [1.54, 1.807) is 37.0 Å². The van der Waals surface area contributed by atoms with Crippen molar-refractivity contribution < 1.29 is 23.7 Å². The van der Waals surface area contributed by atoms with Gasteiger partial charge < -0.3 is 18.9 Å². The maximum atomic E-state index is 6.35. The van der Waals surface area contributed by atoms with Gasteiger partial charge in [-0.05, 0) is 55.5 Å². The molecule has 0 radical (unpaired) electrons. The van der Waals surface area contributed by atoms with Crippen molar-refractivity contribution in [3.63, 3.8) is 0 Å². The van der Waals surface area contributed by atoms with E-state index in [2.05, 4.69) is 25.9 Å². The van der Waals surface area contributed by atoms with Crippen molar-refractivity contribution in [1.82, 2.24) is 0 Å². The van der Waals surface area contributed by atoms with Crippen molar-refractivity contribution in [2.45, 2.75) is 19.9 Å². The number of allylic oxidation sites excluding steroid dienone is 3. The molecule has 2 heterocycles. The van der Waals surface area contributed by atoms with Crippen LogP contribution in [0.15, 0.2) is 116 Å². The molecule has 9 heteroatoms. The van der Waals surface area contributed by atoms with E-state index < -0.39 is 13.0 Å². The zero-order valence-corrected chi connectivity index (χ0v) is 24.3. The lowest BCUT2D eigenvalue weighted by Gasteiger charge is -2.27. The summed E-state index contributed by atoms with van der Waals surface area (Å²) in [6.07, 6.45) is 15.6. The molecular formula is C35H32N4O5. The maximum Gasteiger partial charge on any atom is 0.366 e. The lowest BCUT2D eigenvalue weighted by Crippen LogP contribution is -2.37. The van der Waals surface area contributed by atoms with Gasteiger partial charge >= 0.3 is 13.0 Å². The fourth-order valence-electron chi connectivity index (χ4n) is 4.12. The van der Waals surface area contributed by atoms with Gasteiger partial charge in [0.1, 0.15) is 23.0 Å². The van der Waals surface area contributed by atoms with Crippen molar-refractivity contribution in [2.24, 2.45) is 20.0 Å². The van der Waals surface area contributed by atoms with E-state index in [-0.39, 0.29) is 0 Å². The first kappa shape index (κ1) is 30.0. The Hall–Kier alpha value is -5.46. The summed E-state index contributed by atoms with van der Waals surface area (Å²) in [6, 6.07) is 22.3. The third-order valence-electron chi connectivity index (χ3n) is 6.28. The summed E-state index contributed by atoms with van der Waals surface area (Å²) in [5, 5.41) is 0. The topological polar surface area (TPSA) is 95.6 Å². The van der Waals surface area contributed by atoms with E-state index in [1.807, 2.05) is 73.7 Å². The lowest BCUT2D eigenvalue weighted by molar-refractivity contribution is -0.328. The van der Waals surface area contributed by atoms with Gasteiger partial charge in [0.15, 0.2) is 0 Å². The minimum atomic E-state index is -1.37. The van der Waals surface area contributed by atoms with E-state index in [0.717, 1.165) is 16.7 Å². The Morgan fingerprint density at radius 2 is 1.05 bits per heavy atom. The summed E-state index contributed by atoms with van der Waals surface area (Å²) >= 11 is 0. The number of benzene rings is 3. The number of aliphatic imine (C=N–C) groups is 4. The number of para-hydroxylation sites is 3. The van der Waals surface area contributed by atoms with Crippen molar-refractivity contribution >= 4 is 24.9 Å². The molecule has 0 aromatic heterocycles. The van der Waals surface area contributed by atoms with E-state index in [0.29, 0.717) is 54.8 Å². The van der Waals surface area contributed by atoms with Crippen molar-refractivity contribution in [3.8, 4) is 29.6 Å². The summed E-state index contributed by atoms with van der Waals surface area (Å²) in [6.45, 7) is 1.18. The minimum Gasteiger partial charge on any atom is -0.432 e. The molecule has 0 bridgehead atoms. The second-order valence-electron chi connectivity index (χ2n) is 9.49. The molecule has 1 unspecified atom stereocenters. The number of ether oxygens (including phenoxy) is 5. The van der Waals surface area contributed by atoms with Gasteiger partial charge in [0.25, 0.3) is 0 Å². The summed E-state index contributed by atoms with van der Waals surface area (Å²) < 4.78 is 31.7. The van der Waals surface area contributed by atoms with Crippen LogP contribution in [0.5, 0.6) is 17.2 Å². The third kappa shape index (κ3) is 8.53. The van der Waals surface area contributed by atoms with Crippen LogP contribution in [-0.4, -0.2) is 64.0 Å². The minimum absolute atomic E-state index is 0.388. The van der Waals surface area contributed by atoms with Gasteiger partial charge in [-0.3, -0.25) is 20.0 Å². The average Bonchev–Trinajstić information content (AvgIpc) is 3.06. The van der Waals surface area contributed by atoms with Crippen LogP contribution < -0.4 is 14.2 Å². The molecular weight excluding hydrogens is 556 g/mol. The largest absolute Gasteiger partial charge is 0.432 e. The first-order valence-electron chi connectivity index (χ1n) is 14.1. The van der Waals surface area contributed by atoms with Crippen LogP contribution in [-0.2, 0) is 9.47 Å². The second kappa shape index (κ2) is 15.7. The molecule has 0 spiro atoms. The molecule has 0 N–H and O–H groups in total. The van der Waals surface area contributed by atoms with Gasteiger partial charge in [0.2, 0.25) is 0 Å². The Kier molecular flexibility index (Phi) is 10.7. The molecule has 3 aromatic carbocycles. The van der Waals surface area contributed by atoms with Crippen LogP contribution in [0.2, 0.25) is 0 Å². The summed E-state index contributed by atoms with van der Waals surface area (Å²) in [5.41, 5.74) is 2.91. The van der Waals surface area contributed by atoms with Crippen LogP contribution in [0.1, 0.15) is 23.6 Å². The fraction of sp³-hybridized carbons (Fsp3) is 0.200. The third-order valence-corrected chi connectivity index (χ3v) is 6.28. The van der Waals surface area contributed by atoms with Gasteiger partial charge in [0, 0.05) is 47.1 Å². The molecule has 0 saturated heterocycles. The zero-order valence-electron chi connectivity index (χ0n) is 24.3. The predicted octanol–water partition coefficient (Wildman–Crippen LogP) is 5.64. The van der Waals surface area contributed by atoms with Crippen molar-refractivity contribution in [3.05, 3.63) is 113 Å². The molecule has 9 nitrogen and oxygen atoms in total. The van der Waals surface area contributed by atoms with E-state index >= 15 is 0 Å². The molecule has 222 valence electrons. The lowest BCUT2D eigenvalue weighted by atomic mass is 10.2. The maximum absolute atomic E-state index is 6.35. The highest BCUT2D eigenvalue weighted by Gasteiger charge is 2.26. The predicted molar refractivity (Wildman–Crippen MR) is 172 cm³/mol. The van der Waals surface area contributed by atoms with Gasteiger partial charge in [-0.1, -0.05) is 42.3 Å². The standard InChI is InChI=1S/C35H32N4O5/c1-3-4-14-30-26(2)22-36-18-19-37-23-27-11-5-8-15-31(27)41-34(40-30)44-35-42-32-16-9-6-12-28(32)24-38-20-21-39-25-29-13-7-10-17-33(29)43-35/h1,4-17,22-25,34-35H,18-21H2,2H3/b14-4-,30-26-,36-22+,37-23+,38-24+,39-25+. The molecule has 5 rings (SSSR count). The van der Waals surface area contributed by atoms with Gasteiger partial charge in [-0.15, -0.1) is 6.42 Å². The Labute approximate surface area is 257 Å². The van der Waals surface area contributed by atoms with Gasteiger partial charge in [-0.2, -0.15) is 0 Å². The summed E-state index contributed by atoms with van der Waals surface area (Å²) in [5.74, 6) is 4.34. The molecule has 44 heavy (non-hydrogen) atoms. The zero-order chi connectivity index (χ0) is 30.4. The first-order valence-corrected chi connectivity index (χ1v) is 14.1. The second-order valence-corrected chi connectivity index (χ2v) is 9.49. The Balaban J connectivity index is 1.57. The molecule has 0 aliphatic carbocycles. The highest BCUT2D eigenvalue weighted by atomic mass is 16.9. The molecule has 1 atom stereocenters. The first-order chi connectivity index (χ1) is 21.7. The number of hydrogen-bond acceptors (Lipinski definition) is 9. The Morgan fingerprint density at radius 3 is 1.50 bits per heavy atom. The monoisotopic (exact) mass is 588 g/mol. The Morgan fingerprint density at radius 1 is 0.636 bits per heavy atom. The van der Waals surface area contributed by atoms with E-state index in [1.165, 1.54) is 6.08 Å². The highest BCUT2D eigenvalue weighted by Crippen LogP contribution is 2.26. The van der Waals surface area contributed by atoms with E-state index in [9.17, 15) is 0 Å². The number of nitrogens with zero attached hydrogens (tertiary/aromatic N) is 4. The van der Waals surface area contributed by atoms with Crippen molar-refractivity contribution in [1.29, 1.82) is 0 Å². The van der Waals surface area contributed by atoms with E-state index in [4.69, 9.17) is 30.1 Å². The molecule has 2 aliphatic heterocycles. The number of terminal acetylenes is 1. The van der Waals surface area contributed by atoms with Gasteiger partial charge in [-0.25, -0.2) is 4.74 Å². The molecule has 0 fully saturated rings. The van der Waals surface area contributed by atoms with Crippen LogP contribution in [0, 0.1) is 12.3 Å².